The normalized spacial score (nSPS) is 13.9. The molecule has 2 amide bonds. The van der Waals surface area contributed by atoms with E-state index in [-0.39, 0.29) is 31.3 Å². The molecule has 2 heterocycles. The first kappa shape index (κ1) is 31.2. The van der Waals surface area contributed by atoms with E-state index >= 15 is 0 Å². The third-order valence-electron chi connectivity index (χ3n) is 8.16. The second-order valence-electron chi connectivity index (χ2n) is 11.6. The van der Waals surface area contributed by atoms with Crippen LogP contribution in [0, 0.1) is 6.92 Å². The molecule has 0 fully saturated rings. The minimum Gasteiger partial charge on any atom is -0.497 e. The first-order chi connectivity index (χ1) is 22.2. The predicted molar refractivity (Wildman–Crippen MR) is 185 cm³/mol. The smallest absolute Gasteiger partial charge is 0.251 e. The molecule has 2 N–H and O–H groups in total. The summed E-state index contributed by atoms with van der Waals surface area (Å²) in [5, 5.41) is 18.9. The minimum atomic E-state index is -1.06. The van der Waals surface area contributed by atoms with Gasteiger partial charge in [-0.25, -0.2) is 0 Å². The Morgan fingerprint density at radius 1 is 0.957 bits per heavy atom. The van der Waals surface area contributed by atoms with E-state index in [1.807, 2.05) is 72.2 Å². The van der Waals surface area contributed by atoms with Gasteiger partial charge in [-0.15, -0.1) is 10.2 Å². The molecule has 0 radical (unpaired) electrons. The molecule has 1 unspecified atom stereocenters. The molecule has 1 atom stereocenters. The summed E-state index contributed by atoms with van der Waals surface area (Å²) in [5.74, 6) is 1.53. The van der Waals surface area contributed by atoms with Crippen molar-refractivity contribution in [2.24, 2.45) is 4.99 Å². The van der Waals surface area contributed by atoms with Crippen molar-refractivity contribution in [2.45, 2.75) is 32.5 Å². The summed E-state index contributed by atoms with van der Waals surface area (Å²) in [5.41, 5.74) is 3.82. The number of aromatic nitrogens is 3. The Kier molecular flexibility index (Phi) is 9.00. The molecular weight excluding hydrogens is 616 g/mol. The number of nitrogens with one attached hydrogen (secondary N) is 2. The van der Waals surface area contributed by atoms with Crippen LogP contribution in [0.25, 0.3) is 16.5 Å². The number of carbonyl (C=O) groups is 2. The molecule has 46 heavy (non-hydrogen) atoms. The molecule has 1 aliphatic heterocycles. The van der Waals surface area contributed by atoms with Crippen LogP contribution in [-0.4, -0.2) is 61.3 Å². The van der Waals surface area contributed by atoms with Crippen LogP contribution in [0.3, 0.4) is 0 Å². The third kappa shape index (κ3) is 6.31. The standard InChI is InChI=1S/C35H35ClN6O3Si/c1-21-40-41-34-29(39-33(23-10-12-25(36)13-11-23)28-19-26(45-2)14-15-30(28)42(21)34)20-32(43)37-16-17-38-35(44)24-9-8-22-6-5-7-31(46(3)4)27(22)18-24/h5-15,18-19,29,46H,16-17,20H2,1-4H3,(H,37,43)(H,38,44). The van der Waals surface area contributed by atoms with Crippen LogP contribution >= 0.6 is 11.6 Å². The molecular formula is C35H35ClN6O3Si. The molecule has 0 bridgehead atoms. The van der Waals surface area contributed by atoms with Gasteiger partial charge in [-0.3, -0.25) is 19.1 Å². The van der Waals surface area contributed by atoms with E-state index < -0.39 is 14.8 Å². The van der Waals surface area contributed by atoms with Gasteiger partial charge in [0.1, 0.15) is 17.6 Å². The van der Waals surface area contributed by atoms with Gasteiger partial charge in [0.2, 0.25) is 5.91 Å². The maximum atomic E-state index is 13.3. The molecule has 11 heteroatoms. The number of aliphatic imine (C=N–C) groups is 1. The molecule has 5 aromatic rings. The highest BCUT2D eigenvalue weighted by molar-refractivity contribution is 6.73. The number of fused-ring (bicyclic) bond motifs is 4. The summed E-state index contributed by atoms with van der Waals surface area (Å²) in [6.07, 6.45) is 0.0425. The molecule has 0 saturated carbocycles. The van der Waals surface area contributed by atoms with Gasteiger partial charge >= 0.3 is 0 Å². The molecule has 0 spiro atoms. The largest absolute Gasteiger partial charge is 0.497 e. The molecule has 6 rings (SSSR count). The molecule has 9 nitrogen and oxygen atoms in total. The van der Waals surface area contributed by atoms with Crippen LogP contribution in [0.1, 0.15) is 45.6 Å². The van der Waals surface area contributed by atoms with Crippen molar-refractivity contribution in [3.63, 3.8) is 0 Å². The number of hydrogen-bond donors (Lipinski definition) is 2. The number of benzene rings is 4. The summed E-state index contributed by atoms with van der Waals surface area (Å²) in [6.45, 7) is 6.99. The Bertz CT molecular complexity index is 1970. The predicted octanol–water partition coefficient (Wildman–Crippen LogP) is 4.91. The Balaban J connectivity index is 1.18. The van der Waals surface area contributed by atoms with Crippen molar-refractivity contribution in [3.05, 3.63) is 112 Å². The average Bonchev–Trinajstić information content (AvgIpc) is 3.39. The van der Waals surface area contributed by atoms with Gasteiger partial charge in [-0.1, -0.05) is 66.3 Å². The number of nitrogens with zero attached hydrogens (tertiary/aromatic N) is 4. The minimum absolute atomic E-state index is 0.0425. The van der Waals surface area contributed by atoms with E-state index in [2.05, 4.69) is 52.1 Å². The van der Waals surface area contributed by atoms with E-state index in [1.165, 1.54) is 5.19 Å². The Labute approximate surface area is 274 Å². The zero-order chi connectivity index (χ0) is 32.4. The van der Waals surface area contributed by atoms with Crippen molar-refractivity contribution in [1.29, 1.82) is 0 Å². The van der Waals surface area contributed by atoms with Crippen LogP contribution in [-0.2, 0) is 4.79 Å². The third-order valence-corrected chi connectivity index (χ3v) is 10.2. The summed E-state index contributed by atoms with van der Waals surface area (Å²) in [6, 6.07) is 24.7. The van der Waals surface area contributed by atoms with Gasteiger partial charge in [0.05, 0.1) is 33.7 Å². The number of hydrogen-bond acceptors (Lipinski definition) is 6. The maximum absolute atomic E-state index is 13.3. The topological polar surface area (TPSA) is 110 Å². The van der Waals surface area contributed by atoms with Gasteiger partial charge in [-0.2, -0.15) is 0 Å². The number of ether oxygens (including phenoxy) is 1. The average molecular weight is 651 g/mol. The number of halogens is 1. The fraction of sp³-hybridized carbons (Fsp3) is 0.229. The second kappa shape index (κ2) is 13.3. The van der Waals surface area contributed by atoms with E-state index in [1.54, 1.807) is 7.11 Å². The Morgan fingerprint density at radius 2 is 1.74 bits per heavy atom. The highest BCUT2D eigenvalue weighted by atomic mass is 35.5. The van der Waals surface area contributed by atoms with Gasteiger partial charge in [0, 0.05) is 34.8 Å². The fourth-order valence-electron chi connectivity index (χ4n) is 5.85. The van der Waals surface area contributed by atoms with Gasteiger partial charge in [0.25, 0.3) is 5.91 Å². The van der Waals surface area contributed by atoms with Crippen LogP contribution in [0.15, 0.2) is 83.9 Å². The van der Waals surface area contributed by atoms with E-state index in [0.717, 1.165) is 27.6 Å². The van der Waals surface area contributed by atoms with Crippen LogP contribution < -0.4 is 20.6 Å². The SMILES string of the molecule is COc1ccc2c(c1)C(c1ccc(Cl)cc1)=NC(CC(=O)NCCNC(=O)c1ccc3cccc([SiH](C)C)c3c1)c1nnc(C)n1-2. The lowest BCUT2D eigenvalue weighted by Crippen LogP contribution is -2.35. The zero-order valence-electron chi connectivity index (χ0n) is 26.2. The molecule has 1 aliphatic rings. The number of carbonyl (C=O) groups excluding carboxylic acids is 2. The van der Waals surface area contributed by atoms with Crippen molar-refractivity contribution in [2.75, 3.05) is 20.2 Å². The lowest BCUT2D eigenvalue weighted by Gasteiger charge is -2.14. The van der Waals surface area contributed by atoms with Gasteiger partial charge in [0.15, 0.2) is 5.82 Å². The first-order valence-electron chi connectivity index (χ1n) is 15.3. The summed E-state index contributed by atoms with van der Waals surface area (Å²) in [4.78, 5) is 31.4. The Morgan fingerprint density at radius 3 is 2.50 bits per heavy atom. The van der Waals surface area contributed by atoms with Crippen LogP contribution in [0.4, 0.5) is 0 Å². The van der Waals surface area contributed by atoms with E-state index in [9.17, 15) is 9.59 Å². The zero-order valence-corrected chi connectivity index (χ0v) is 28.1. The van der Waals surface area contributed by atoms with E-state index in [0.29, 0.717) is 33.7 Å². The first-order valence-corrected chi connectivity index (χ1v) is 18.5. The van der Waals surface area contributed by atoms with Crippen molar-refractivity contribution < 1.29 is 14.3 Å². The number of aryl methyl sites for hydroxylation is 1. The van der Waals surface area contributed by atoms with Gasteiger partial charge < -0.3 is 15.4 Å². The quantitative estimate of drug-likeness (QED) is 0.174. The number of rotatable bonds is 9. The Hall–Kier alpha value is -4.80. The molecule has 1 aromatic heterocycles. The highest BCUT2D eigenvalue weighted by Crippen LogP contribution is 2.34. The molecule has 234 valence electrons. The molecule has 0 saturated heterocycles. The highest BCUT2D eigenvalue weighted by Gasteiger charge is 2.30. The van der Waals surface area contributed by atoms with E-state index in [4.69, 9.17) is 21.3 Å². The van der Waals surface area contributed by atoms with Crippen LogP contribution in [0.2, 0.25) is 18.1 Å². The second-order valence-corrected chi connectivity index (χ2v) is 14.9. The van der Waals surface area contributed by atoms with Crippen molar-refractivity contribution in [1.82, 2.24) is 25.4 Å². The summed E-state index contributed by atoms with van der Waals surface area (Å²) < 4.78 is 7.48. The lowest BCUT2D eigenvalue weighted by molar-refractivity contribution is -0.121. The van der Waals surface area contributed by atoms with Crippen LogP contribution in [0.5, 0.6) is 5.75 Å². The number of methoxy groups -OCH3 is 1. The number of amides is 2. The summed E-state index contributed by atoms with van der Waals surface area (Å²) >= 11 is 6.20. The maximum Gasteiger partial charge on any atom is 0.251 e. The molecule has 0 aliphatic carbocycles. The monoisotopic (exact) mass is 650 g/mol. The van der Waals surface area contributed by atoms with Crippen molar-refractivity contribution >= 4 is 53.9 Å². The fourth-order valence-corrected chi connectivity index (χ4v) is 7.34. The summed E-state index contributed by atoms with van der Waals surface area (Å²) in [7, 11) is 0.556. The lowest BCUT2D eigenvalue weighted by atomic mass is 10.00. The van der Waals surface area contributed by atoms with Gasteiger partial charge in [-0.05, 0) is 60.2 Å². The van der Waals surface area contributed by atoms with Crippen molar-refractivity contribution in [3.8, 4) is 11.4 Å². The molecule has 4 aromatic carbocycles.